The second-order valence-electron chi connectivity index (χ2n) is 5.22. The highest BCUT2D eigenvalue weighted by Gasteiger charge is 2.27. The van der Waals surface area contributed by atoms with Gasteiger partial charge in [0, 0.05) is 13.1 Å². The molecule has 0 bridgehead atoms. The summed E-state index contributed by atoms with van der Waals surface area (Å²) in [7, 11) is 0. The molecule has 0 N–H and O–H groups in total. The quantitative estimate of drug-likeness (QED) is 0.731. The Morgan fingerprint density at radius 2 is 2.11 bits per heavy atom. The number of nitrogens with zero attached hydrogens (tertiary/aromatic N) is 4. The molecule has 1 amide bonds. The molecule has 100 valence electrons. The number of fused-ring (bicyclic) bond motifs is 1. The second kappa shape index (κ2) is 4.76. The summed E-state index contributed by atoms with van der Waals surface area (Å²) in [5.41, 5.74) is -0.483. The highest BCUT2D eigenvalue weighted by molar-refractivity contribution is 6.16. The minimum Gasteiger partial charge on any atom is -0.444 e. The zero-order valence-corrected chi connectivity index (χ0v) is 11.6. The zero-order chi connectivity index (χ0) is 13.3. The molecule has 0 aliphatic carbocycles. The summed E-state index contributed by atoms with van der Waals surface area (Å²) < 4.78 is 7.28. The SMILES string of the molecule is CC(C)(C)OC(=O)N1CCn2c(CCl)nnc2C1. The van der Waals surface area contributed by atoms with E-state index in [-0.39, 0.29) is 6.09 Å². The van der Waals surface area contributed by atoms with E-state index in [0.29, 0.717) is 25.5 Å². The molecule has 18 heavy (non-hydrogen) atoms. The summed E-state index contributed by atoms with van der Waals surface area (Å²) in [6.07, 6.45) is -0.316. The first-order valence-electron chi connectivity index (χ1n) is 5.85. The maximum absolute atomic E-state index is 11.9. The lowest BCUT2D eigenvalue weighted by Gasteiger charge is -2.30. The summed E-state index contributed by atoms with van der Waals surface area (Å²) in [4.78, 5) is 13.6. The van der Waals surface area contributed by atoms with Crippen molar-refractivity contribution in [1.82, 2.24) is 19.7 Å². The zero-order valence-electron chi connectivity index (χ0n) is 10.8. The standard InChI is InChI=1S/C11H17ClN4O2/c1-11(2,3)18-10(17)15-4-5-16-8(6-12)13-14-9(16)7-15/h4-7H2,1-3H3. The predicted octanol–water partition coefficient (Wildman–Crippen LogP) is 1.77. The fraction of sp³-hybridized carbons (Fsp3) is 0.727. The van der Waals surface area contributed by atoms with Crippen LogP contribution in [0.15, 0.2) is 0 Å². The van der Waals surface area contributed by atoms with Crippen LogP contribution in [0.25, 0.3) is 0 Å². The van der Waals surface area contributed by atoms with Crippen LogP contribution >= 0.6 is 11.6 Å². The number of alkyl halides is 1. The van der Waals surface area contributed by atoms with E-state index in [2.05, 4.69) is 10.2 Å². The maximum Gasteiger partial charge on any atom is 0.410 e. The summed E-state index contributed by atoms with van der Waals surface area (Å²) in [6, 6.07) is 0. The number of aromatic nitrogens is 3. The Hall–Kier alpha value is -1.30. The average Bonchev–Trinajstić information content (AvgIpc) is 2.68. The van der Waals surface area contributed by atoms with Gasteiger partial charge in [-0.3, -0.25) is 4.90 Å². The van der Waals surface area contributed by atoms with Crippen LogP contribution in [0, 0.1) is 0 Å². The van der Waals surface area contributed by atoms with E-state index in [0.717, 1.165) is 11.6 Å². The molecule has 0 aromatic carbocycles. The molecule has 0 saturated heterocycles. The molecule has 0 saturated carbocycles. The van der Waals surface area contributed by atoms with E-state index in [9.17, 15) is 4.79 Å². The Bertz CT molecular complexity index is 452. The van der Waals surface area contributed by atoms with Crippen LogP contribution in [0.4, 0.5) is 4.79 Å². The van der Waals surface area contributed by atoms with E-state index in [1.54, 1.807) is 4.90 Å². The first-order chi connectivity index (χ1) is 8.40. The van der Waals surface area contributed by atoms with E-state index >= 15 is 0 Å². The molecule has 1 aliphatic heterocycles. The van der Waals surface area contributed by atoms with Gasteiger partial charge in [0.05, 0.1) is 12.4 Å². The average molecular weight is 273 g/mol. The van der Waals surface area contributed by atoms with Crippen LogP contribution in [0.5, 0.6) is 0 Å². The molecule has 0 atom stereocenters. The molecule has 6 nitrogen and oxygen atoms in total. The monoisotopic (exact) mass is 272 g/mol. The van der Waals surface area contributed by atoms with Crippen molar-refractivity contribution in [1.29, 1.82) is 0 Å². The minimum atomic E-state index is -0.483. The fourth-order valence-corrected chi connectivity index (χ4v) is 2.00. The number of halogens is 1. The minimum absolute atomic E-state index is 0.316. The van der Waals surface area contributed by atoms with E-state index in [1.165, 1.54) is 0 Å². The molecule has 2 rings (SSSR count). The lowest BCUT2D eigenvalue weighted by Crippen LogP contribution is -2.41. The second-order valence-corrected chi connectivity index (χ2v) is 5.49. The molecule has 1 aromatic heterocycles. The normalized spacial score (nSPS) is 15.4. The molecule has 0 spiro atoms. The number of rotatable bonds is 1. The van der Waals surface area contributed by atoms with Crippen molar-refractivity contribution in [2.24, 2.45) is 0 Å². The molecule has 2 heterocycles. The Balaban J connectivity index is 2.06. The smallest absolute Gasteiger partial charge is 0.410 e. The van der Waals surface area contributed by atoms with Crippen LogP contribution in [0.1, 0.15) is 32.4 Å². The van der Waals surface area contributed by atoms with Gasteiger partial charge in [0.25, 0.3) is 0 Å². The number of carbonyl (C=O) groups excluding carboxylic acids is 1. The van der Waals surface area contributed by atoms with Crippen molar-refractivity contribution >= 4 is 17.7 Å². The van der Waals surface area contributed by atoms with Crippen LogP contribution in [-0.4, -0.2) is 37.9 Å². The van der Waals surface area contributed by atoms with Crippen LogP contribution < -0.4 is 0 Å². The molecule has 1 aromatic rings. The number of hydrogen-bond acceptors (Lipinski definition) is 4. The maximum atomic E-state index is 11.9. The highest BCUT2D eigenvalue weighted by Crippen LogP contribution is 2.17. The van der Waals surface area contributed by atoms with Gasteiger partial charge in [-0.25, -0.2) is 4.79 Å². The Morgan fingerprint density at radius 3 is 2.72 bits per heavy atom. The number of amides is 1. The summed E-state index contributed by atoms with van der Waals surface area (Å²) in [5, 5.41) is 8.02. The predicted molar refractivity (Wildman–Crippen MR) is 66.2 cm³/mol. The largest absolute Gasteiger partial charge is 0.444 e. The number of carbonyl (C=O) groups is 1. The topological polar surface area (TPSA) is 60.2 Å². The first-order valence-corrected chi connectivity index (χ1v) is 6.39. The van der Waals surface area contributed by atoms with Crippen LogP contribution in [-0.2, 0) is 23.7 Å². The van der Waals surface area contributed by atoms with Gasteiger partial charge < -0.3 is 9.30 Å². The van der Waals surface area contributed by atoms with Gasteiger partial charge in [0.1, 0.15) is 11.4 Å². The third-order valence-corrected chi connectivity index (χ3v) is 2.84. The lowest BCUT2D eigenvalue weighted by atomic mass is 10.2. The third kappa shape index (κ3) is 2.75. The van der Waals surface area contributed by atoms with Crippen LogP contribution in [0.3, 0.4) is 0 Å². The molecule has 0 radical (unpaired) electrons. The number of hydrogen-bond donors (Lipinski definition) is 0. The Morgan fingerprint density at radius 1 is 1.39 bits per heavy atom. The van der Waals surface area contributed by atoms with Crippen molar-refractivity contribution in [3.63, 3.8) is 0 Å². The van der Waals surface area contributed by atoms with Crippen LogP contribution in [0.2, 0.25) is 0 Å². The Kier molecular flexibility index (Phi) is 3.47. The third-order valence-electron chi connectivity index (χ3n) is 2.60. The van der Waals surface area contributed by atoms with Crippen molar-refractivity contribution in [3.8, 4) is 0 Å². The number of ether oxygens (including phenoxy) is 1. The molecule has 0 fully saturated rings. The van der Waals surface area contributed by atoms with Gasteiger partial charge in [0.2, 0.25) is 0 Å². The van der Waals surface area contributed by atoms with Crippen molar-refractivity contribution in [2.45, 2.75) is 45.3 Å². The van der Waals surface area contributed by atoms with Crippen molar-refractivity contribution < 1.29 is 9.53 Å². The van der Waals surface area contributed by atoms with Gasteiger partial charge in [-0.2, -0.15) is 0 Å². The van der Waals surface area contributed by atoms with E-state index < -0.39 is 5.60 Å². The van der Waals surface area contributed by atoms with Gasteiger partial charge in [-0.15, -0.1) is 21.8 Å². The summed E-state index contributed by atoms with van der Waals surface area (Å²) in [5.74, 6) is 1.83. The fourth-order valence-electron chi connectivity index (χ4n) is 1.80. The molecular weight excluding hydrogens is 256 g/mol. The van der Waals surface area contributed by atoms with Gasteiger partial charge >= 0.3 is 6.09 Å². The summed E-state index contributed by atoms with van der Waals surface area (Å²) in [6.45, 7) is 7.21. The molecule has 1 aliphatic rings. The molecular formula is C11H17ClN4O2. The molecule has 0 unspecified atom stereocenters. The van der Waals surface area contributed by atoms with Gasteiger partial charge in [-0.05, 0) is 20.8 Å². The Labute approximate surface area is 111 Å². The van der Waals surface area contributed by atoms with Crippen molar-refractivity contribution in [2.75, 3.05) is 6.54 Å². The highest BCUT2D eigenvalue weighted by atomic mass is 35.5. The van der Waals surface area contributed by atoms with Gasteiger partial charge in [0.15, 0.2) is 5.82 Å². The molecule has 7 heteroatoms. The van der Waals surface area contributed by atoms with E-state index in [1.807, 2.05) is 25.3 Å². The van der Waals surface area contributed by atoms with Crippen molar-refractivity contribution in [3.05, 3.63) is 11.6 Å². The van der Waals surface area contributed by atoms with E-state index in [4.69, 9.17) is 16.3 Å². The first kappa shape index (κ1) is 13.1. The van der Waals surface area contributed by atoms with Gasteiger partial charge in [-0.1, -0.05) is 0 Å². The summed E-state index contributed by atoms with van der Waals surface area (Å²) >= 11 is 5.76. The lowest BCUT2D eigenvalue weighted by molar-refractivity contribution is 0.0194.